The number of carbonyl (C=O) groups is 1. The number of rotatable bonds is 3. The van der Waals surface area contributed by atoms with Gasteiger partial charge in [-0.25, -0.2) is 0 Å². The molecule has 1 heterocycles. The summed E-state index contributed by atoms with van der Waals surface area (Å²) in [5.41, 5.74) is 4.19. The number of carbonyl (C=O) groups excluding carboxylic acids is 1. The van der Waals surface area contributed by atoms with Crippen molar-refractivity contribution in [2.75, 3.05) is 12.4 Å². The smallest absolute Gasteiger partial charge is 0.228 e. The first-order chi connectivity index (χ1) is 10.1. The number of hydrogen-bond donors (Lipinski definition) is 2. The van der Waals surface area contributed by atoms with Gasteiger partial charge in [-0.05, 0) is 41.9 Å². The molecule has 0 bridgehead atoms. The third kappa shape index (κ3) is 2.84. The van der Waals surface area contributed by atoms with Crippen LogP contribution < -0.4 is 10.6 Å². The summed E-state index contributed by atoms with van der Waals surface area (Å²) in [6, 6.07) is 11.9. The van der Waals surface area contributed by atoms with E-state index in [0.717, 1.165) is 26.9 Å². The molecule has 5 heteroatoms. The lowest BCUT2D eigenvalue weighted by Crippen LogP contribution is -2.18. The lowest BCUT2D eigenvalue weighted by molar-refractivity contribution is -0.115. The van der Waals surface area contributed by atoms with E-state index in [-0.39, 0.29) is 11.9 Å². The monoisotopic (exact) mass is 364 g/mol. The van der Waals surface area contributed by atoms with Gasteiger partial charge < -0.3 is 10.6 Å². The maximum atomic E-state index is 11.5. The number of anilines is 1. The molecule has 0 aliphatic carbocycles. The summed E-state index contributed by atoms with van der Waals surface area (Å²) in [6.45, 7) is 0. The van der Waals surface area contributed by atoms with Gasteiger partial charge in [-0.3, -0.25) is 4.79 Å². The fourth-order valence-electron chi connectivity index (χ4n) is 2.67. The van der Waals surface area contributed by atoms with Crippen molar-refractivity contribution in [3.8, 4) is 0 Å². The molecule has 21 heavy (non-hydrogen) atoms. The van der Waals surface area contributed by atoms with Gasteiger partial charge in [0.2, 0.25) is 5.91 Å². The molecule has 0 aromatic heterocycles. The summed E-state index contributed by atoms with van der Waals surface area (Å²) in [6.07, 6.45) is 0.446. The molecular formula is C16H14BrClN2O. The topological polar surface area (TPSA) is 41.1 Å². The van der Waals surface area contributed by atoms with E-state index in [1.807, 2.05) is 37.4 Å². The highest BCUT2D eigenvalue weighted by Gasteiger charge is 2.21. The number of nitrogens with one attached hydrogen (secondary N) is 2. The van der Waals surface area contributed by atoms with Gasteiger partial charge in [0.1, 0.15) is 0 Å². The molecule has 2 aromatic carbocycles. The molecular weight excluding hydrogens is 352 g/mol. The highest BCUT2D eigenvalue weighted by Crippen LogP contribution is 2.33. The fourth-order valence-corrected chi connectivity index (χ4v) is 3.58. The summed E-state index contributed by atoms with van der Waals surface area (Å²) < 4.78 is 0.962. The minimum atomic E-state index is 0.0395. The molecule has 3 nitrogen and oxygen atoms in total. The Labute approximate surface area is 136 Å². The van der Waals surface area contributed by atoms with E-state index in [0.29, 0.717) is 11.4 Å². The number of halogens is 2. The van der Waals surface area contributed by atoms with Crippen molar-refractivity contribution in [2.45, 2.75) is 12.5 Å². The number of fused-ring (bicyclic) bond motifs is 1. The summed E-state index contributed by atoms with van der Waals surface area (Å²) >= 11 is 9.57. The first-order valence-electron chi connectivity index (χ1n) is 6.63. The van der Waals surface area contributed by atoms with Crippen molar-refractivity contribution in [2.24, 2.45) is 0 Å². The van der Waals surface area contributed by atoms with Crippen molar-refractivity contribution in [3.05, 3.63) is 62.6 Å². The van der Waals surface area contributed by atoms with Gasteiger partial charge in [0.05, 0.1) is 12.5 Å². The van der Waals surface area contributed by atoms with Gasteiger partial charge >= 0.3 is 0 Å². The summed E-state index contributed by atoms with van der Waals surface area (Å²) in [7, 11) is 1.92. The number of benzene rings is 2. The molecule has 1 aliphatic heterocycles. The van der Waals surface area contributed by atoms with E-state index < -0.39 is 0 Å². The Morgan fingerprint density at radius 1 is 1.29 bits per heavy atom. The molecule has 1 aliphatic rings. The lowest BCUT2D eigenvalue weighted by Gasteiger charge is -2.19. The molecule has 3 rings (SSSR count). The SMILES string of the molecule is CNC(c1ccc2c(c1)CC(=O)N2)c1ccc(Cl)cc1Br. The van der Waals surface area contributed by atoms with Crippen molar-refractivity contribution in [1.29, 1.82) is 0 Å². The number of hydrogen-bond acceptors (Lipinski definition) is 2. The standard InChI is InChI=1S/C16H14BrClN2O/c1-19-16(12-4-3-11(18)8-13(12)17)9-2-5-14-10(6-9)7-15(21)20-14/h2-6,8,16,19H,7H2,1H3,(H,20,21). The highest BCUT2D eigenvalue weighted by molar-refractivity contribution is 9.10. The van der Waals surface area contributed by atoms with Crippen LogP contribution in [0.25, 0.3) is 0 Å². The molecule has 0 saturated heterocycles. The Morgan fingerprint density at radius 3 is 2.81 bits per heavy atom. The second kappa shape index (κ2) is 5.79. The molecule has 1 amide bonds. The first-order valence-corrected chi connectivity index (χ1v) is 7.80. The minimum absolute atomic E-state index is 0.0395. The van der Waals surface area contributed by atoms with Crippen LogP contribution in [0.1, 0.15) is 22.7 Å². The predicted molar refractivity (Wildman–Crippen MR) is 88.8 cm³/mol. The van der Waals surface area contributed by atoms with Crippen LogP contribution in [0.15, 0.2) is 40.9 Å². The second-order valence-electron chi connectivity index (χ2n) is 5.03. The maximum Gasteiger partial charge on any atom is 0.228 e. The molecule has 1 unspecified atom stereocenters. The summed E-state index contributed by atoms with van der Waals surface area (Å²) in [5, 5.41) is 6.87. The molecule has 1 atom stereocenters. The third-order valence-electron chi connectivity index (χ3n) is 3.65. The molecule has 2 N–H and O–H groups in total. The first kappa shape index (κ1) is 14.6. The van der Waals surface area contributed by atoms with Crippen molar-refractivity contribution >= 4 is 39.1 Å². The van der Waals surface area contributed by atoms with Gasteiger partial charge in [0, 0.05) is 15.2 Å². The minimum Gasteiger partial charge on any atom is -0.326 e. The molecule has 2 aromatic rings. The highest BCUT2D eigenvalue weighted by atomic mass is 79.9. The Hall–Kier alpha value is -1.36. The second-order valence-corrected chi connectivity index (χ2v) is 6.32. The molecule has 0 fully saturated rings. The fraction of sp³-hybridized carbons (Fsp3) is 0.188. The van der Waals surface area contributed by atoms with E-state index in [1.54, 1.807) is 0 Å². The third-order valence-corrected chi connectivity index (χ3v) is 4.57. The van der Waals surface area contributed by atoms with E-state index in [2.05, 4.69) is 32.6 Å². The zero-order valence-corrected chi connectivity index (χ0v) is 13.8. The van der Waals surface area contributed by atoms with E-state index in [4.69, 9.17) is 11.6 Å². The molecule has 0 spiro atoms. The van der Waals surface area contributed by atoms with Crippen LogP contribution in [-0.4, -0.2) is 13.0 Å². The van der Waals surface area contributed by atoms with Crippen LogP contribution in [0.3, 0.4) is 0 Å². The van der Waals surface area contributed by atoms with Crippen LogP contribution in [0.2, 0.25) is 5.02 Å². The van der Waals surface area contributed by atoms with Crippen LogP contribution >= 0.6 is 27.5 Å². The molecule has 0 saturated carbocycles. The van der Waals surface area contributed by atoms with Crippen molar-refractivity contribution in [3.63, 3.8) is 0 Å². The van der Waals surface area contributed by atoms with Crippen LogP contribution in [0.4, 0.5) is 5.69 Å². The van der Waals surface area contributed by atoms with Crippen LogP contribution in [0, 0.1) is 0 Å². The summed E-state index contributed by atoms with van der Waals surface area (Å²) in [4.78, 5) is 11.5. The Balaban J connectivity index is 2.01. The zero-order valence-electron chi connectivity index (χ0n) is 11.4. The maximum absolute atomic E-state index is 11.5. The Kier molecular flexibility index (Phi) is 4.02. The largest absolute Gasteiger partial charge is 0.326 e. The van der Waals surface area contributed by atoms with Gasteiger partial charge in [0.15, 0.2) is 0 Å². The quantitative estimate of drug-likeness (QED) is 0.866. The van der Waals surface area contributed by atoms with E-state index in [9.17, 15) is 4.79 Å². The average molecular weight is 366 g/mol. The Bertz CT molecular complexity index is 717. The van der Waals surface area contributed by atoms with E-state index in [1.165, 1.54) is 0 Å². The van der Waals surface area contributed by atoms with E-state index >= 15 is 0 Å². The van der Waals surface area contributed by atoms with Crippen LogP contribution in [0.5, 0.6) is 0 Å². The zero-order chi connectivity index (χ0) is 15.0. The molecule has 0 radical (unpaired) electrons. The van der Waals surface area contributed by atoms with Gasteiger partial charge in [0.25, 0.3) is 0 Å². The number of amides is 1. The average Bonchev–Trinajstić information content (AvgIpc) is 2.81. The van der Waals surface area contributed by atoms with Crippen LogP contribution in [-0.2, 0) is 11.2 Å². The normalized spacial score (nSPS) is 14.7. The van der Waals surface area contributed by atoms with Crippen molar-refractivity contribution in [1.82, 2.24) is 5.32 Å². The lowest BCUT2D eigenvalue weighted by atomic mass is 9.96. The van der Waals surface area contributed by atoms with Gasteiger partial charge in [-0.15, -0.1) is 0 Å². The van der Waals surface area contributed by atoms with Crippen molar-refractivity contribution < 1.29 is 4.79 Å². The molecule has 108 valence electrons. The Morgan fingerprint density at radius 2 is 2.10 bits per heavy atom. The van der Waals surface area contributed by atoms with Gasteiger partial charge in [-0.2, -0.15) is 0 Å². The summed E-state index contributed by atoms with van der Waals surface area (Å²) in [5.74, 6) is 0.0517. The van der Waals surface area contributed by atoms with Gasteiger partial charge in [-0.1, -0.05) is 45.7 Å². The predicted octanol–water partition coefficient (Wildman–Crippen LogP) is 3.91.